The number of nitrogens with zero attached hydrogens (tertiary/aromatic N) is 1. The van der Waals surface area contributed by atoms with Crippen molar-refractivity contribution in [1.29, 1.82) is 0 Å². The number of hydrogen-bond donors (Lipinski definition) is 1. The van der Waals surface area contributed by atoms with E-state index in [-0.39, 0.29) is 25.0 Å². The summed E-state index contributed by atoms with van der Waals surface area (Å²) in [6.07, 6.45) is 4.50. The number of ether oxygens (including phenoxy) is 1. The maximum atomic E-state index is 12.8. The number of carbonyl (C=O) groups excluding carboxylic acids is 2. The number of nitrogens with one attached hydrogen (secondary N) is 1. The first-order chi connectivity index (χ1) is 14.2. The summed E-state index contributed by atoms with van der Waals surface area (Å²) in [6, 6.07) is 18.8. The Kier molecular flexibility index (Phi) is 9.93. The number of benzene rings is 2. The molecule has 0 saturated heterocycles. The fourth-order valence-electron chi connectivity index (χ4n) is 3.14. The van der Waals surface area contributed by atoms with Gasteiger partial charge in [0.2, 0.25) is 5.91 Å². The lowest BCUT2D eigenvalue weighted by molar-refractivity contribution is -0.129. The minimum Gasteiger partial charge on any atom is -0.362 e. The Morgan fingerprint density at radius 3 is 2.03 bits per heavy atom. The number of para-hydroxylation sites is 2. The van der Waals surface area contributed by atoms with E-state index in [2.05, 4.69) is 19.2 Å². The SMILES string of the molecule is CCCC[C@H](CC)CNC(=O)COCC(=O)N(c1ccccc1)c1ccccc1. The molecular weight excluding hydrogens is 364 g/mol. The van der Waals surface area contributed by atoms with Crippen molar-refractivity contribution in [1.82, 2.24) is 5.32 Å². The molecule has 5 heteroatoms. The lowest BCUT2D eigenvalue weighted by atomic mass is 9.99. The first-order valence-corrected chi connectivity index (χ1v) is 10.4. The van der Waals surface area contributed by atoms with Gasteiger partial charge in [-0.15, -0.1) is 0 Å². The predicted octanol–water partition coefficient (Wildman–Crippen LogP) is 4.70. The quantitative estimate of drug-likeness (QED) is 0.566. The van der Waals surface area contributed by atoms with Crippen LogP contribution in [0.2, 0.25) is 0 Å². The van der Waals surface area contributed by atoms with Crippen molar-refractivity contribution in [3.63, 3.8) is 0 Å². The number of amides is 2. The first-order valence-electron chi connectivity index (χ1n) is 10.4. The maximum Gasteiger partial charge on any atom is 0.257 e. The molecule has 2 aromatic carbocycles. The number of hydrogen-bond acceptors (Lipinski definition) is 3. The van der Waals surface area contributed by atoms with Gasteiger partial charge in [0, 0.05) is 17.9 Å². The molecule has 0 aliphatic heterocycles. The lowest BCUT2D eigenvalue weighted by Crippen LogP contribution is -2.34. The second-order valence-electron chi connectivity index (χ2n) is 7.11. The molecule has 0 aromatic heterocycles. The van der Waals surface area contributed by atoms with Crippen LogP contribution in [-0.4, -0.2) is 31.6 Å². The molecule has 0 unspecified atom stereocenters. The van der Waals surface area contributed by atoms with Crippen LogP contribution in [0.3, 0.4) is 0 Å². The Morgan fingerprint density at radius 1 is 0.931 bits per heavy atom. The molecule has 0 aliphatic rings. The van der Waals surface area contributed by atoms with E-state index in [1.807, 2.05) is 60.7 Å². The molecule has 0 fully saturated rings. The van der Waals surface area contributed by atoms with Gasteiger partial charge in [-0.3, -0.25) is 14.5 Å². The molecule has 5 nitrogen and oxygen atoms in total. The number of carbonyl (C=O) groups is 2. The highest BCUT2D eigenvalue weighted by Crippen LogP contribution is 2.25. The Morgan fingerprint density at radius 2 is 1.52 bits per heavy atom. The predicted molar refractivity (Wildman–Crippen MR) is 117 cm³/mol. The van der Waals surface area contributed by atoms with Crippen molar-refractivity contribution >= 4 is 23.2 Å². The molecule has 29 heavy (non-hydrogen) atoms. The summed E-state index contributed by atoms with van der Waals surface area (Å²) >= 11 is 0. The lowest BCUT2D eigenvalue weighted by Gasteiger charge is -2.23. The molecule has 0 heterocycles. The van der Waals surface area contributed by atoms with E-state index in [0.29, 0.717) is 12.5 Å². The standard InChI is InChI=1S/C24H32N2O3/c1-3-5-12-20(4-2)17-25-23(27)18-29-19-24(28)26(21-13-8-6-9-14-21)22-15-10-7-11-16-22/h6-11,13-16,20H,3-5,12,17-19H2,1-2H3,(H,25,27)/t20-/m0/s1. The van der Waals surface area contributed by atoms with Crippen molar-refractivity contribution in [2.75, 3.05) is 24.7 Å². The van der Waals surface area contributed by atoms with Crippen LogP contribution in [0, 0.1) is 5.92 Å². The molecular formula is C24H32N2O3. The Labute approximate surface area is 174 Å². The zero-order chi connectivity index (χ0) is 20.9. The van der Waals surface area contributed by atoms with Crippen molar-refractivity contribution in [3.8, 4) is 0 Å². The molecule has 0 aliphatic carbocycles. The van der Waals surface area contributed by atoms with Gasteiger partial charge in [0.25, 0.3) is 5.91 Å². The number of rotatable bonds is 12. The Balaban J connectivity index is 1.86. The van der Waals surface area contributed by atoms with Crippen molar-refractivity contribution in [3.05, 3.63) is 60.7 Å². The third kappa shape index (κ3) is 7.70. The third-order valence-corrected chi connectivity index (χ3v) is 4.87. The van der Waals surface area contributed by atoms with E-state index in [0.717, 1.165) is 30.6 Å². The molecule has 0 saturated carbocycles. The topological polar surface area (TPSA) is 58.6 Å². The second kappa shape index (κ2) is 12.7. The smallest absolute Gasteiger partial charge is 0.257 e. The van der Waals surface area contributed by atoms with Gasteiger partial charge in [0.15, 0.2) is 0 Å². The van der Waals surface area contributed by atoms with Gasteiger partial charge in [0.1, 0.15) is 13.2 Å². The summed E-state index contributed by atoms with van der Waals surface area (Å²) in [5.41, 5.74) is 1.52. The van der Waals surface area contributed by atoms with Crippen LogP contribution in [0.25, 0.3) is 0 Å². The average molecular weight is 397 g/mol. The van der Waals surface area contributed by atoms with Crippen LogP contribution >= 0.6 is 0 Å². The average Bonchev–Trinajstić information content (AvgIpc) is 2.75. The normalized spacial score (nSPS) is 11.7. The van der Waals surface area contributed by atoms with Gasteiger partial charge >= 0.3 is 0 Å². The fourth-order valence-corrected chi connectivity index (χ4v) is 3.14. The second-order valence-corrected chi connectivity index (χ2v) is 7.11. The molecule has 2 amide bonds. The van der Waals surface area contributed by atoms with E-state index in [9.17, 15) is 9.59 Å². The van der Waals surface area contributed by atoms with Crippen LogP contribution in [0.1, 0.15) is 39.5 Å². The van der Waals surface area contributed by atoms with Gasteiger partial charge in [-0.1, -0.05) is 69.5 Å². The minimum atomic E-state index is -0.218. The summed E-state index contributed by atoms with van der Waals surface area (Å²) < 4.78 is 5.43. The van der Waals surface area contributed by atoms with Gasteiger partial charge in [0.05, 0.1) is 0 Å². The zero-order valence-corrected chi connectivity index (χ0v) is 17.5. The number of unbranched alkanes of at least 4 members (excludes halogenated alkanes) is 1. The zero-order valence-electron chi connectivity index (χ0n) is 17.5. The van der Waals surface area contributed by atoms with E-state index < -0.39 is 0 Å². The summed E-state index contributed by atoms with van der Waals surface area (Å²) in [7, 11) is 0. The van der Waals surface area contributed by atoms with Crippen LogP contribution < -0.4 is 10.2 Å². The highest BCUT2D eigenvalue weighted by atomic mass is 16.5. The van der Waals surface area contributed by atoms with E-state index in [1.54, 1.807) is 4.90 Å². The minimum absolute atomic E-state index is 0.118. The van der Waals surface area contributed by atoms with E-state index in [1.165, 1.54) is 6.42 Å². The van der Waals surface area contributed by atoms with Crippen LogP contribution in [0.4, 0.5) is 11.4 Å². The van der Waals surface area contributed by atoms with E-state index >= 15 is 0 Å². The molecule has 1 N–H and O–H groups in total. The Bertz CT molecular complexity index is 695. The van der Waals surface area contributed by atoms with Gasteiger partial charge in [-0.25, -0.2) is 0 Å². The maximum absolute atomic E-state index is 12.8. The van der Waals surface area contributed by atoms with Gasteiger partial charge in [-0.05, 0) is 36.6 Å². The monoisotopic (exact) mass is 396 g/mol. The summed E-state index contributed by atoms with van der Waals surface area (Å²) in [4.78, 5) is 26.5. The van der Waals surface area contributed by atoms with Crippen LogP contribution in [0.5, 0.6) is 0 Å². The van der Waals surface area contributed by atoms with Gasteiger partial charge < -0.3 is 10.1 Å². The molecule has 1 atom stereocenters. The highest BCUT2D eigenvalue weighted by Gasteiger charge is 2.18. The van der Waals surface area contributed by atoms with Gasteiger partial charge in [-0.2, -0.15) is 0 Å². The van der Waals surface area contributed by atoms with Crippen molar-refractivity contribution in [2.24, 2.45) is 5.92 Å². The highest BCUT2D eigenvalue weighted by molar-refractivity contribution is 6.01. The van der Waals surface area contributed by atoms with Crippen LogP contribution in [-0.2, 0) is 14.3 Å². The molecule has 2 rings (SSSR count). The molecule has 0 spiro atoms. The number of anilines is 2. The molecule has 0 radical (unpaired) electrons. The summed E-state index contributed by atoms with van der Waals surface area (Å²) in [6.45, 7) is 4.69. The van der Waals surface area contributed by atoms with Crippen molar-refractivity contribution in [2.45, 2.75) is 39.5 Å². The third-order valence-electron chi connectivity index (χ3n) is 4.87. The Hall–Kier alpha value is -2.66. The van der Waals surface area contributed by atoms with E-state index in [4.69, 9.17) is 4.74 Å². The molecule has 2 aromatic rings. The van der Waals surface area contributed by atoms with Crippen molar-refractivity contribution < 1.29 is 14.3 Å². The molecule has 0 bridgehead atoms. The summed E-state index contributed by atoms with van der Waals surface area (Å²) in [5.74, 6) is 0.0930. The fraction of sp³-hybridized carbons (Fsp3) is 0.417. The van der Waals surface area contributed by atoms with Crippen LogP contribution in [0.15, 0.2) is 60.7 Å². The largest absolute Gasteiger partial charge is 0.362 e. The molecule has 156 valence electrons. The summed E-state index contributed by atoms with van der Waals surface area (Å²) in [5, 5.41) is 2.92. The first kappa shape index (κ1) is 22.6.